The number of hydrogen-bond acceptors (Lipinski definition) is 4. The van der Waals surface area contributed by atoms with Crippen molar-refractivity contribution in [3.63, 3.8) is 0 Å². The zero-order valence-corrected chi connectivity index (χ0v) is 18.9. The van der Waals surface area contributed by atoms with Crippen molar-refractivity contribution in [3.05, 3.63) is 63.5 Å². The maximum atomic E-state index is 12.7. The summed E-state index contributed by atoms with van der Waals surface area (Å²) in [7, 11) is 0. The number of hydrogen-bond donors (Lipinski definition) is 2. The summed E-state index contributed by atoms with van der Waals surface area (Å²) in [5.74, 6) is -0.509. The Bertz CT molecular complexity index is 1130. The predicted molar refractivity (Wildman–Crippen MR) is 126 cm³/mol. The topological polar surface area (TPSA) is 70.6 Å². The molecule has 2 N–H and O–H groups in total. The van der Waals surface area contributed by atoms with Crippen LogP contribution in [-0.2, 0) is 11.2 Å². The van der Waals surface area contributed by atoms with E-state index in [1.807, 2.05) is 50.2 Å². The second-order valence-electron chi connectivity index (χ2n) is 7.29. The molecule has 0 spiro atoms. The summed E-state index contributed by atoms with van der Waals surface area (Å²) in [6.45, 7) is 7.56. The average Bonchev–Trinajstić information content (AvgIpc) is 3.07. The predicted octanol–water partition coefficient (Wildman–Crippen LogP) is 5.87. The van der Waals surface area contributed by atoms with Gasteiger partial charge in [-0.15, -0.1) is 11.3 Å². The van der Waals surface area contributed by atoms with Crippen molar-refractivity contribution in [2.75, 3.05) is 5.32 Å². The molecule has 2 amide bonds. The van der Waals surface area contributed by atoms with E-state index in [1.54, 1.807) is 6.92 Å². The minimum Gasteiger partial charge on any atom is -0.326 e. The molecule has 0 atom stereocenters. The van der Waals surface area contributed by atoms with Gasteiger partial charge in [0.1, 0.15) is 4.88 Å². The molecule has 3 rings (SSSR count). The monoisotopic (exact) mass is 441 g/mol. The van der Waals surface area contributed by atoms with E-state index < -0.39 is 0 Å². The van der Waals surface area contributed by atoms with Gasteiger partial charge in [0.05, 0.1) is 10.7 Å². The molecule has 1 heterocycles. The number of nitrogens with one attached hydrogen (secondary N) is 2. The molecular weight excluding hydrogens is 418 g/mol. The molecule has 0 saturated carbocycles. The van der Waals surface area contributed by atoms with Crippen LogP contribution < -0.4 is 10.7 Å². The van der Waals surface area contributed by atoms with Crippen molar-refractivity contribution in [2.24, 2.45) is 11.0 Å². The molecule has 156 valence electrons. The third-order valence-corrected chi connectivity index (χ3v) is 6.36. The average molecular weight is 442 g/mol. The molecule has 3 aromatic rings. The summed E-state index contributed by atoms with van der Waals surface area (Å²) in [4.78, 5) is 25.0. The first kappa shape index (κ1) is 22.0. The molecular formula is C23H24ClN3O2S. The van der Waals surface area contributed by atoms with Crippen LogP contribution >= 0.6 is 22.9 Å². The van der Waals surface area contributed by atoms with Gasteiger partial charge >= 0.3 is 0 Å². The van der Waals surface area contributed by atoms with Crippen molar-refractivity contribution in [1.29, 1.82) is 0 Å². The van der Waals surface area contributed by atoms with E-state index in [2.05, 4.69) is 28.8 Å². The van der Waals surface area contributed by atoms with Crippen molar-refractivity contribution < 1.29 is 9.59 Å². The summed E-state index contributed by atoms with van der Waals surface area (Å²) in [6, 6.07) is 13.4. The summed E-state index contributed by atoms with van der Waals surface area (Å²) >= 11 is 7.80. The number of thiophene rings is 1. The van der Waals surface area contributed by atoms with Crippen LogP contribution in [0.25, 0.3) is 10.1 Å². The SMILES string of the molecule is CCc1ccc2c(Cl)c(C(=O)N/N=C(\C)c3cccc(NC(=O)C(C)C)c3)sc2c1. The maximum absolute atomic E-state index is 12.7. The van der Waals surface area contributed by atoms with Crippen LogP contribution in [-0.4, -0.2) is 17.5 Å². The Morgan fingerprint density at radius 1 is 1.17 bits per heavy atom. The van der Waals surface area contributed by atoms with Gasteiger partial charge in [-0.1, -0.05) is 56.6 Å². The van der Waals surface area contributed by atoms with E-state index in [0.29, 0.717) is 21.3 Å². The number of fused-ring (bicyclic) bond motifs is 1. The number of amides is 2. The third-order valence-electron chi connectivity index (χ3n) is 4.71. The number of anilines is 1. The first-order valence-electron chi connectivity index (χ1n) is 9.77. The van der Waals surface area contributed by atoms with Gasteiger partial charge in [0, 0.05) is 21.7 Å². The van der Waals surface area contributed by atoms with Gasteiger partial charge in [-0.3, -0.25) is 9.59 Å². The molecule has 7 heteroatoms. The van der Waals surface area contributed by atoms with E-state index >= 15 is 0 Å². The highest BCUT2D eigenvalue weighted by Crippen LogP contribution is 2.35. The molecule has 0 aliphatic carbocycles. The molecule has 0 fully saturated rings. The van der Waals surface area contributed by atoms with E-state index in [-0.39, 0.29) is 17.7 Å². The Hall–Kier alpha value is -2.70. The van der Waals surface area contributed by atoms with E-state index in [4.69, 9.17) is 11.6 Å². The Labute approximate surface area is 185 Å². The van der Waals surface area contributed by atoms with Gasteiger partial charge in [0.15, 0.2) is 0 Å². The molecule has 0 saturated heterocycles. The van der Waals surface area contributed by atoms with Crippen LogP contribution in [0.5, 0.6) is 0 Å². The molecule has 0 radical (unpaired) electrons. The minimum absolute atomic E-state index is 0.0549. The Kier molecular flexibility index (Phi) is 6.90. The van der Waals surface area contributed by atoms with Gasteiger partial charge in [-0.2, -0.15) is 5.10 Å². The fourth-order valence-corrected chi connectivity index (χ4v) is 4.30. The lowest BCUT2D eigenvalue weighted by molar-refractivity contribution is -0.118. The largest absolute Gasteiger partial charge is 0.326 e. The van der Waals surface area contributed by atoms with Crippen LogP contribution in [0.15, 0.2) is 47.6 Å². The van der Waals surface area contributed by atoms with Gasteiger partial charge in [-0.05, 0) is 42.7 Å². The zero-order valence-electron chi connectivity index (χ0n) is 17.4. The molecule has 5 nitrogen and oxygen atoms in total. The lowest BCUT2D eigenvalue weighted by Gasteiger charge is -2.09. The van der Waals surface area contributed by atoms with Crippen LogP contribution in [0, 0.1) is 5.92 Å². The van der Waals surface area contributed by atoms with Crippen LogP contribution in [0.3, 0.4) is 0 Å². The summed E-state index contributed by atoms with van der Waals surface area (Å²) in [6.07, 6.45) is 0.924. The Balaban J connectivity index is 1.77. The number of carbonyl (C=O) groups excluding carboxylic acids is 2. The Morgan fingerprint density at radius 3 is 2.63 bits per heavy atom. The molecule has 0 aliphatic rings. The first-order chi connectivity index (χ1) is 14.3. The standard InChI is InChI=1S/C23H24ClN3O2S/c1-5-15-9-10-18-19(11-15)30-21(20(18)24)23(29)27-26-14(4)16-7-6-8-17(12-16)25-22(28)13(2)3/h6-13H,5H2,1-4H3,(H,25,28)(H,27,29)/b26-14+. The van der Waals surface area contributed by atoms with Crippen molar-refractivity contribution in [2.45, 2.75) is 34.1 Å². The first-order valence-corrected chi connectivity index (χ1v) is 11.0. The summed E-state index contributed by atoms with van der Waals surface area (Å²) < 4.78 is 0.985. The maximum Gasteiger partial charge on any atom is 0.283 e. The summed E-state index contributed by atoms with van der Waals surface area (Å²) in [5.41, 5.74) is 5.90. The molecule has 0 bridgehead atoms. The second kappa shape index (κ2) is 9.41. The molecule has 30 heavy (non-hydrogen) atoms. The van der Waals surface area contributed by atoms with Crippen LogP contribution in [0.1, 0.15) is 48.5 Å². The number of halogens is 1. The highest BCUT2D eigenvalue weighted by atomic mass is 35.5. The molecule has 0 aliphatic heterocycles. The number of hydrazone groups is 1. The zero-order chi connectivity index (χ0) is 21.8. The van der Waals surface area contributed by atoms with Gasteiger partial charge in [-0.25, -0.2) is 5.43 Å². The van der Waals surface area contributed by atoms with Crippen molar-refractivity contribution >= 4 is 56.2 Å². The highest BCUT2D eigenvalue weighted by molar-refractivity contribution is 7.21. The molecule has 2 aromatic carbocycles. The van der Waals surface area contributed by atoms with Crippen LogP contribution in [0.4, 0.5) is 5.69 Å². The van der Waals surface area contributed by atoms with Crippen molar-refractivity contribution in [3.8, 4) is 0 Å². The third kappa shape index (κ3) is 4.89. The smallest absolute Gasteiger partial charge is 0.283 e. The highest BCUT2D eigenvalue weighted by Gasteiger charge is 2.17. The number of nitrogens with zero attached hydrogens (tertiary/aromatic N) is 1. The number of carbonyl (C=O) groups is 2. The van der Waals surface area contributed by atoms with Gasteiger partial charge in [0.2, 0.25) is 5.91 Å². The minimum atomic E-state index is -0.345. The quantitative estimate of drug-likeness (QED) is 0.371. The fraction of sp³-hybridized carbons (Fsp3) is 0.261. The second-order valence-corrected chi connectivity index (χ2v) is 8.72. The van der Waals surface area contributed by atoms with E-state index in [1.165, 1.54) is 16.9 Å². The number of rotatable bonds is 6. The Morgan fingerprint density at radius 2 is 1.93 bits per heavy atom. The van der Waals surface area contributed by atoms with E-state index in [0.717, 1.165) is 22.1 Å². The lowest BCUT2D eigenvalue weighted by Crippen LogP contribution is -2.19. The van der Waals surface area contributed by atoms with Crippen molar-refractivity contribution in [1.82, 2.24) is 5.43 Å². The van der Waals surface area contributed by atoms with Gasteiger partial charge in [0.25, 0.3) is 5.91 Å². The van der Waals surface area contributed by atoms with Gasteiger partial charge < -0.3 is 5.32 Å². The van der Waals surface area contributed by atoms with E-state index in [9.17, 15) is 9.59 Å². The molecule has 0 unspecified atom stereocenters. The number of benzene rings is 2. The lowest BCUT2D eigenvalue weighted by atomic mass is 10.1. The summed E-state index contributed by atoms with van der Waals surface area (Å²) in [5, 5.41) is 8.40. The fourth-order valence-electron chi connectivity index (χ4n) is 2.83. The normalized spacial score (nSPS) is 11.7. The number of aryl methyl sites for hydroxylation is 1. The molecule has 1 aromatic heterocycles. The van der Waals surface area contributed by atoms with Crippen LogP contribution in [0.2, 0.25) is 5.02 Å².